The second-order valence-corrected chi connectivity index (χ2v) is 9.74. The zero-order chi connectivity index (χ0) is 26.0. The molecule has 188 valence electrons. The van der Waals surface area contributed by atoms with Gasteiger partial charge in [0.2, 0.25) is 0 Å². The molecular weight excluding hydrogens is 509 g/mol. The second-order valence-electron chi connectivity index (χ2n) is 9.34. The summed E-state index contributed by atoms with van der Waals surface area (Å²) in [6.07, 6.45) is 7.45. The van der Waals surface area contributed by atoms with Crippen LogP contribution in [0.5, 0.6) is 0 Å². The summed E-state index contributed by atoms with van der Waals surface area (Å²) in [5.41, 5.74) is 4.28. The highest BCUT2D eigenvalue weighted by molar-refractivity contribution is 6.31. The number of H-pyrrole nitrogens is 1. The number of aromatic amines is 1. The summed E-state index contributed by atoms with van der Waals surface area (Å²) in [7, 11) is 0. The van der Waals surface area contributed by atoms with E-state index in [-0.39, 0.29) is 28.1 Å². The lowest BCUT2D eigenvalue weighted by atomic mass is 9.99. The maximum Gasteiger partial charge on any atom is 0.252 e. The summed E-state index contributed by atoms with van der Waals surface area (Å²) >= 11 is 6.13. The fourth-order valence-electron chi connectivity index (χ4n) is 5.27. The van der Waals surface area contributed by atoms with Gasteiger partial charge in [0.25, 0.3) is 5.56 Å². The molecule has 0 bridgehead atoms. The van der Waals surface area contributed by atoms with Gasteiger partial charge in [-0.25, -0.2) is 13.9 Å². The molecule has 38 heavy (non-hydrogen) atoms. The molecule has 7 rings (SSSR count). The van der Waals surface area contributed by atoms with Crippen molar-refractivity contribution in [3.8, 4) is 28.1 Å². The average Bonchev–Trinajstić information content (AvgIpc) is 3.72. The predicted molar refractivity (Wildman–Crippen MR) is 138 cm³/mol. The van der Waals surface area contributed by atoms with Crippen molar-refractivity contribution in [1.82, 2.24) is 44.4 Å². The molecule has 1 aliphatic heterocycles. The summed E-state index contributed by atoms with van der Waals surface area (Å²) in [6.45, 7) is 2.04. The Balaban J connectivity index is 1.31. The largest absolute Gasteiger partial charge is 0.340 e. The standard InChI is InChI=1S/C26H19ClFN9O/c1-14-8-22(26-29-12-19(32-26)15-5-7-35-17(9-15)4-6-31-35)37-21(14)10-16(11-23(37)38)24-20(36-13-30-33-34-36)3-2-18(27)25(24)28/h2-7,9-14,22H,8H2,1H3,(H,29,32)/t14-,22-/m1/s1. The number of pyridine rings is 2. The first kappa shape index (κ1) is 22.5. The van der Waals surface area contributed by atoms with Crippen LogP contribution >= 0.6 is 11.6 Å². The van der Waals surface area contributed by atoms with Gasteiger partial charge in [-0.3, -0.25) is 4.79 Å². The minimum atomic E-state index is -0.642. The molecule has 5 aromatic heterocycles. The zero-order valence-electron chi connectivity index (χ0n) is 20.0. The Hall–Kier alpha value is -4.64. The number of hydrogen-bond acceptors (Lipinski definition) is 6. The molecular formula is C26H19ClFN9O. The summed E-state index contributed by atoms with van der Waals surface area (Å²) in [5.74, 6) is 0.0808. The molecule has 0 saturated heterocycles. The van der Waals surface area contributed by atoms with E-state index in [0.29, 0.717) is 23.5 Å². The zero-order valence-corrected chi connectivity index (χ0v) is 20.7. The van der Waals surface area contributed by atoms with Gasteiger partial charge >= 0.3 is 0 Å². The van der Waals surface area contributed by atoms with E-state index in [1.807, 2.05) is 37.4 Å². The Bertz CT molecular complexity index is 1890. The van der Waals surface area contributed by atoms with Crippen molar-refractivity contribution in [2.45, 2.75) is 25.3 Å². The molecule has 0 radical (unpaired) electrons. The van der Waals surface area contributed by atoms with Gasteiger partial charge in [-0.15, -0.1) is 5.10 Å². The van der Waals surface area contributed by atoms with E-state index in [4.69, 9.17) is 11.6 Å². The SMILES string of the molecule is C[C@@H]1C[C@H](c2ncc(-c3ccn4nccc4c3)[nH]2)n2c1cc(-c1c(-n3cnnn3)ccc(Cl)c1F)cc2=O. The van der Waals surface area contributed by atoms with Crippen molar-refractivity contribution in [3.63, 3.8) is 0 Å². The van der Waals surface area contributed by atoms with Gasteiger partial charge in [0.1, 0.15) is 12.2 Å². The lowest BCUT2D eigenvalue weighted by Crippen LogP contribution is -2.24. The fourth-order valence-corrected chi connectivity index (χ4v) is 5.43. The number of nitrogens with zero attached hydrogens (tertiary/aromatic N) is 8. The van der Waals surface area contributed by atoms with Crippen molar-refractivity contribution in [1.29, 1.82) is 0 Å². The van der Waals surface area contributed by atoms with Crippen LogP contribution in [0.3, 0.4) is 0 Å². The lowest BCUT2D eigenvalue weighted by molar-refractivity contribution is 0.557. The number of benzene rings is 1. The first-order chi connectivity index (χ1) is 18.5. The molecule has 1 aromatic carbocycles. The molecule has 0 saturated carbocycles. The van der Waals surface area contributed by atoms with Crippen LogP contribution in [0.1, 0.15) is 36.8 Å². The van der Waals surface area contributed by atoms with Crippen LogP contribution in [0.25, 0.3) is 33.6 Å². The minimum absolute atomic E-state index is 0.0306. The summed E-state index contributed by atoms with van der Waals surface area (Å²) in [4.78, 5) is 21.6. The first-order valence-electron chi connectivity index (χ1n) is 11.9. The topological polar surface area (TPSA) is 112 Å². The number of nitrogens with one attached hydrogen (secondary N) is 1. The first-order valence-corrected chi connectivity index (χ1v) is 12.3. The fraction of sp³-hybridized carbons (Fsp3) is 0.154. The number of hydrogen-bond donors (Lipinski definition) is 1. The van der Waals surface area contributed by atoms with E-state index in [2.05, 4.69) is 30.6 Å². The number of fused-ring (bicyclic) bond motifs is 2. The number of imidazole rings is 1. The Morgan fingerprint density at radius 3 is 2.87 bits per heavy atom. The van der Waals surface area contributed by atoms with Gasteiger partial charge in [0.05, 0.1) is 34.2 Å². The second kappa shape index (κ2) is 8.45. The Morgan fingerprint density at radius 2 is 2.03 bits per heavy atom. The van der Waals surface area contributed by atoms with E-state index in [1.54, 1.807) is 27.5 Å². The van der Waals surface area contributed by atoms with Crippen LogP contribution in [-0.2, 0) is 0 Å². The van der Waals surface area contributed by atoms with Gasteiger partial charge in [0, 0.05) is 35.3 Å². The van der Waals surface area contributed by atoms with E-state index in [9.17, 15) is 4.79 Å². The number of halogens is 2. The van der Waals surface area contributed by atoms with Crippen LogP contribution in [0.4, 0.5) is 4.39 Å². The Labute approximate surface area is 219 Å². The molecule has 0 unspecified atom stereocenters. The van der Waals surface area contributed by atoms with Gasteiger partial charge in [-0.05, 0) is 64.7 Å². The molecule has 0 fully saturated rings. The number of rotatable bonds is 4. The molecule has 0 amide bonds. The smallest absolute Gasteiger partial charge is 0.252 e. The van der Waals surface area contributed by atoms with E-state index >= 15 is 4.39 Å². The maximum absolute atomic E-state index is 15.4. The van der Waals surface area contributed by atoms with Crippen LogP contribution in [0.2, 0.25) is 5.02 Å². The minimum Gasteiger partial charge on any atom is -0.340 e. The summed E-state index contributed by atoms with van der Waals surface area (Å²) in [6, 6.07) is 12.0. The molecule has 10 nitrogen and oxygen atoms in total. The molecule has 12 heteroatoms. The third-order valence-corrected chi connectivity index (χ3v) is 7.36. The van der Waals surface area contributed by atoms with Gasteiger partial charge in [0.15, 0.2) is 5.82 Å². The molecule has 1 N–H and O–H groups in total. The highest BCUT2D eigenvalue weighted by Gasteiger charge is 2.33. The molecule has 1 aliphatic rings. The van der Waals surface area contributed by atoms with Gasteiger partial charge in [-0.1, -0.05) is 18.5 Å². The normalized spacial score (nSPS) is 16.8. The van der Waals surface area contributed by atoms with Crippen LogP contribution < -0.4 is 5.56 Å². The van der Waals surface area contributed by atoms with E-state index in [1.165, 1.54) is 23.1 Å². The van der Waals surface area contributed by atoms with Gasteiger partial charge < -0.3 is 9.55 Å². The monoisotopic (exact) mass is 527 g/mol. The van der Waals surface area contributed by atoms with Gasteiger partial charge in [-0.2, -0.15) is 9.78 Å². The molecule has 0 aliphatic carbocycles. The Kier molecular flexibility index (Phi) is 5.02. The lowest BCUT2D eigenvalue weighted by Gasteiger charge is -2.16. The summed E-state index contributed by atoms with van der Waals surface area (Å²) < 4.78 is 20.2. The highest BCUT2D eigenvalue weighted by atomic mass is 35.5. The molecule has 6 heterocycles. The average molecular weight is 528 g/mol. The quantitative estimate of drug-likeness (QED) is 0.363. The van der Waals surface area contributed by atoms with E-state index in [0.717, 1.165) is 22.5 Å². The Morgan fingerprint density at radius 1 is 1.13 bits per heavy atom. The maximum atomic E-state index is 15.4. The van der Waals surface area contributed by atoms with Crippen molar-refractivity contribution in [3.05, 3.63) is 100 Å². The third kappa shape index (κ3) is 3.46. The van der Waals surface area contributed by atoms with Crippen LogP contribution in [0, 0.1) is 5.82 Å². The highest BCUT2D eigenvalue weighted by Crippen LogP contribution is 2.41. The van der Waals surface area contributed by atoms with Crippen LogP contribution in [0.15, 0.2) is 72.2 Å². The van der Waals surface area contributed by atoms with Crippen molar-refractivity contribution < 1.29 is 4.39 Å². The third-order valence-electron chi connectivity index (χ3n) is 7.07. The number of tetrazole rings is 1. The van der Waals surface area contributed by atoms with E-state index < -0.39 is 5.82 Å². The van der Waals surface area contributed by atoms with Crippen molar-refractivity contribution in [2.75, 3.05) is 0 Å². The van der Waals surface area contributed by atoms with Crippen molar-refractivity contribution >= 4 is 17.1 Å². The van der Waals surface area contributed by atoms with Crippen molar-refractivity contribution in [2.24, 2.45) is 0 Å². The predicted octanol–water partition coefficient (Wildman–Crippen LogP) is 4.42. The summed E-state index contributed by atoms with van der Waals surface area (Å²) in [5, 5.41) is 15.4. The molecule has 6 aromatic rings. The van der Waals surface area contributed by atoms with Crippen LogP contribution in [-0.4, -0.2) is 44.4 Å². The number of aromatic nitrogens is 9. The molecule has 2 atom stereocenters. The molecule has 0 spiro atoms.